The molecule has 0 aromatic rings. The van der Waals surface area contributed by atoms with Crippen LogP contribution in [-0.2, 0) is 4.79 Å². The van der Waals surface area contributed by atoms with Gasteiger partial charge in [0.05, 0.1) is 0 Å². The van der Waals surface area contributed by atoms with Crippen LogP contribution in [0.2, 0.25) is 0 Å². The number of hydrogen-bond donors (Lipinski definition) is 0. The Hall–Kier alpha value is -0.330. The van der Waals surface area contributed by atoms with E-state index in [0.717, 1.165) is 18.8 Å². The molecule has 0 spiro atoms. The van der Waals surface area contributed by atoms with Gasteiger partial charge in [-0.15, -0.1) is 0 Å². The normalized spacial score (nSPS) is 11.2. The third-order valence-corrected chi connectivity index (χ3v) is 4.31. The van der Waals surface area contributed by atoms with Crippen molar-refractivity contribution in [3.05, 3.63) is 0 Å². The highest BCUT2D eigenvalue weighted by atomic mass is 16.1. The minimum absolute atomic E-state index is 0.346. The summed E-state index contributed by atoms with van der Waals surface area (Å²) in [4.78, 5) is 10.8. The van der Waals surface area contributed by atoms with Gasteiger partial charge in [0, 0.05) is 6.42 Å². The van der Waals surface area contributed by atoms with Gasteiger partial charge < -0.3 is 4.79 Å². The third kappa shape index (κ3) is 19.7. The molecule has 0 unspecified atom stereocenters. The van der Waals surface area contributed by atoms with Gasteiger partial charge in [-0.2, -0.15) is 0 Å². The van der Waals surface area contributed by atoms with Crippen molar-refractivity contribution in [3.63, 3.8) is 0 Å². The molecule has 0 heterocycles. The highest BCUT2D eigenvalue weighted by Gasteiger charge is 1.96. The average Bonchev–Trinajstić information content (AvgIpc) is 2.42. The summed E-state index contributed by atoms with van der Waals surface area (Å²) in [5.74, 6) is 1.23. The van der Waals surface area contributed by atoms with E-state index in [0.29, 0.717) is 5.78 Å². The summed E-state index contributed by atoms with van der Waals surface area (Å²) >= 11 is 0. The average molecular weight is 297 g/mol. The fraction of sp³-hybridized carbons (Fsp3) is 0.950. The molecule has 0 saturated carbocycles. The van der Waals surface area contributed by atoms with Gasteiger partial charge in [0.1, 0.15) is 5.78 Å². The van der Waals surface area contributed by atoms with E-state index in [9.17, 15) is 4.79 Å². The summed E-state index contributed by atoms with van der Waals surface area (Å²) in [7, 11) is 0. The first-order valence-corrected chi connectivity index (χ1v) is 9.62. The Morgan fingerprint density at radius 3 is 1.29 bits per heavy atom. The van der Waals surface area contributed by atoms with Gasteiger partial charge in [-0.1, -0.05) is 97.3 Å². The molecule has 0 aromatic heterocycles. The second-order valence-electron chi connectivity index (χ2n) is 7.23. The lowest BCUT2D eigenvalue weighted by molar-refractivity contribution is -0.117. The molecule has 0 saturated heterocycles. The van der Waals surface area contributed by atoms with Crippen molar-refractivity contribution in [2.24, 2.45) is 5.92 Å². The number of carbonyl (C=O) groups excluding carboxylic acids is 1. The van der Waals surface area contributed by atoms with Gasteiger partial charge in [0.25, 0.3) is 0 Å². The molecule has 1 heteroatoms. The molecule has 21 heavy (non-hydrogen) atoms. The van der Waals surface area contributed by atoms with Crippen molar-refractivity contribution >= 4 is 5.78 Å². The van der Waals surface area contributed by atoms with Crippen molar-refractivity contribution in [2.45, 2.75) is 117 Å². The molecular weight excluding hydrogens is 256 g/mol. The molecule has 0 aliphatic rings. The zero-order valence-corrected chi connectivity index (χ0v) is 15.1. The first-order valence-electron chi connectivity index (χ1n) is 9.62. The van der Waals surface area contributed by atoms with Crippen molar-refractivity contribution in [2.75, 3.05) is 0 Å². The van der Waals surface area contributed by atoms with Gasteiger partial charge >= 0.3 is 0 Å². The first-order chi connectivity index (χ1) is 10.1. The van der Waals surface area contributed by atoms with Crippen LogP contribution in [-0.4, -0.2) is 5.78 Å². The number of unbranched alkanes of at least 4 members (excludes halogenated alkanes) is 12. The van der Waals surface area contributed by atoms with Gasteiger partial charge in [-0.3, -0.25) is 0 Å². The summed E-state index contributed by atoms with van der Waals surface area (Å²) in [6.45, 7) is 6.34. The Bertz CT molecular complexity index is 220. The molecule has 0 radical (unpaired) electrons. The maximum atomic E-state index is 10.8. The van der Waals surface area contributed by atoms with Crippen molar-refractivity contribution in [3.8, 4) is 0 Å². The van der Waals surface area contributed by atoms with Gasteiger partial charge in [0.2, 0.25) is 0 Å². The molecular formula is C20H40O. The lowest BCUT2D eigenvalue weighted by Gasteiger charge is -2.04. The molecule has 126 valence electrons. The van der Waals surface area contributed by atoms with Crippen molar-refractivity contribution in [1.29, 1.82) is 0 Å². The van der Waals surface area contributed by atoms with E-state index in [1.807, 2.05) is 0 Å². The number of ketones is 1. The minimum atomic E-state index is 0.346. The Morgan fingerprint density at radius 1 is 0.619 bits per heavy atom. The molecule has 0 aromatic carbocycles. The number of carbonyl (C=O) groups is 1. The summed E-state index contributed by atoms with van der Waals surface area (Å²) < 4.78 is 0. The number of rotatable bonds is 16. The van der Waals surface area contributed by atoms with Crippen LogP contribution in [0, 0.1) is 5.92 Å². The van der Waals surface area contributed by atoms with Crippen LogP contribution >= 0.6 is 0 Å². The Morgan fingerprint density at radius 2 is 0.952 bits per heavy atom. The van der Waals surface area contributed by atoms with E-state index >= 15 is 0 Å². The van der Waals surface area contributed by atoms with Crippen LogP contribution in [0.25, 0.3) is 0 Å². The Labute approximate surface area is 134 Å². The molecule has 0 rings (SSSR count). The molecule has 0 atom stereocenters. The summed E-state index contributed by atoms with van der Waals surface area (Å²) in [5.41, 5.74) is 0. The zero-order valence-electron chi connectivity index (χ0n) is 15.1. The van der Waals surface area contributed by atoms with Crippen LogP contribution in [0.1, 0.15) is 117 Å². The molecule has 0 aliphatic heterocycles. The highest BCUT2D eigenvalue weighted by molar-refractivity contribution is 5.75. The smallest absolute Gasteiger partial charge is 0.129 e. The summed E-state index contributed by atoms with van der Waals surface area (Å²) in [6, 6.07) is 0. The predicted octanol–water partition coefficient (Wildman–Crippen LogP) is 7.08. The minimum Gasteiger partial charge on any atom is -0.300 e. The van der Waals surface area contributed by atoms with E-state index < -0.39 is 0 Å². The van der Waals surface area contributed by atoms with E-state index in [4.69, 9.17) is 0 Å². The summed E-state index contributed by atoms with van der Waals surface area (Å²) in [6.07, 6.45) is 20.1. The van der Waals surface area contributed by atoms with Crippen molar-refractivity contribution in [1.82, 2.24) is 0 Å². The summed E-state index contributed by atoms with van der Waals surface area (Å²) in [5, 5.41) is 0. The van der Waals surface area contributed by atoms with Crippen LogP contribution < -0.4 is 0 Å². The lowest BCUT2D eigenvalue weighted by atomic mass is 10.0. The lowest BCUT2D eigenvalue weighted by Crippen LogP contribution is -1.89. The topological polar surface area (TPSA) is 17.1 Å². The van der Waals surface area contributed by atoms with Crippen LogP contribution in [0.3, 0.4) is 0 Å². The highest BCUT2D eigenvalue weighted by Crippen LogP contribution is 2.14. The van der Waals surface area contributed by atoms with Crippen LogP contribution in [0.5, 0.6) is 0 Å². The molecule has 0 fully saturated rings. The maximum absolute atomic E-state index is 10.8. The number of Topliss-reactive ketones (excluding diaryl/α,β-unsaturated/α-hetero) is 1. The van der Waals surface area contributed by atoms with E-state index in [1.165, 1.54) is 83.5 Å². The monoisotopic (exact) mass is 296 g/mol. The second-order valence-corrected chi connectivity index (χ2v) is 7.23. The fourth-order valence-corrected chi connectivity index (χ4v) is 2.87. The quantitative estimate of drug-likeness (QED) is 0.278. The second kappa shape index (κ2) is 16.0. The third-order valence-electron chi connectivity index (χ3n) is 4.31. The van der Waals surface area contributed by atoms with E-state index in [1.54, 1.807) is 6.92 Å². The van der Waals surface area contributed by atoms with E-state index in [2.05, 4.69) is 13.8 Å². The molecule has 0 N–H and O–H groups in total. The van der Waals surface area contributed by atoms with Gasteiger partial charge in [-0.05, 0) is 19.3 Å². The maximum Gasteiger partial charge on any atom is 0.129 e. The Balaban J connectivity index is 2.98. The van der Waals surface area contributed by atoms with Crippen LogP contribution in [0.15, 0.2) is 0 Å². The predicted molar refractivity (Wildman–Crippen MR) is 94.8 cm³/mol. The molecule has 1 nitrogen and oxygen atoms in total. The van der Waals surface area contributed by atoms with Gasteiger partial charge in [-0.25, -0.2) is 0 Å². The molecule has 0 aliphatic carbocycles. The standard InChI is InChI=1S/C20H40O/c1-19(2)17-15-13-11-9-7-5-4-6-8-10-12-14-16-18-20(3)21/h19H,4-18H2,1-3H3. The van der Waals surface area contributed by atoms with E-state index in [-0.39, 0.29) is 0 Å². The number of hydrogen-bond acceptors (Lipinski definition) is 1. The zero-order chi connectivity index (χ0) is 15.8. The SMILES string of the molecule is CC(=O)CCCCCCCCCCCCCCCC(C)C. The van der Waals surface area contributed by atoms with Gasteiger partial charge in [0.15, 0.2) is 0 Å². The fourth-order valence-electron chi connectivity index (χ4n) is 2.87. The molecule has 0 bridgehead atoms. The van der Waals surface area contributed by atoms with Crippen LogP contribution in [0.4, 0.5) is 0 Å². The largest absolute Gasteiger partial charge is 0.300 e. The first kappa shape index (κ1) is 20.7. The van der Waals surface area contributed by atoms with Crippen molar-refractivity contribution < 1.29 is 4.79 Å². The molecule has 0 amide bonds. The Kier molecular flexibility index (Phi) is 15.8.